The van der Waals surface area contributed by atoms with Gasteiger partial charge in [-0.3, -0.25) is 0 Å². The Bertz CT molecular complexity index is 155. The quantitative estimate of drug-likeness (QED) is 0.442. The molecule has 0 atom stereocenters. The molecule has 3 nitrogen and oxygen atoms in total. The van der Waals surface area contributed by atoms with E-state index in [2.05, 4.69) is 9.97 Å². The van der Waals surface area contributed by atoms with Crippen LogP contribution in [0.5, 0.6) is 0 Å². The number of hydrogen-bond donors (Lipinski definition) is 1. The maximum Gasteiger partial charge on any atom is 0.307 e. The van der Waals surface area contributed by atoms with Crippen molar-refractivity contribution >= 4 is 12.9 Å². The van der Waals surface area contributed by atoms with E-state index in [-0.39, 0.29) is 7.48 Å². The Morgan fingerprint density at radius 1 is 1.38 bits per heavy atom. The molecule has 0 aromatic carbocycles. The molecular formula is C4H5BN2O. The molecule has 1 aromatic heterocycles. The topological polar surface area (TPSA) is 46.0 Å². The van der Waals surface area contributed by atoms with Crippen LogP contribution in [0, 0.1) is 0 Å². The molecule has 1 rings (SSSR count). The molecular weight excluding hydrogens is 103 g/mol. The van der Waals surface area contributed by atoms with Gasteiger partial charge in [-0.05, 0) is 5.46 Å². The van der Waals surface area contributed by atoms with Crippen LogP contribution in [0.25, 0.3) is 0 Å². The predicted molar refractivity (Wildman–Crippen MR) is 31.0 cm³/mol. The first-order valence-electron chi connectivity index (χ1n) is 2.28. The summed E-state index contributed by atoms with van der Waals surface area (Å²) >= 11 is 0. The van der Waals surface area contributed by atoms with Gasteiger partial charge in [0.2, 0.25) is 0 Å². The van der Waals surface area contributed by atoms with Crippen molar-refractivity contribution < 1.29 is 5.02 Å². The van der Waals surface area contributed by atoms with Gasteiger partial charge >= 0.3 is 7.48 Å². The Kier molecular flexibility index (Phi) is 1.59. The summed E-state index contributed by atoms with van der Waals surface area (Å²) in [6, 6.07) is 0. The molecule has 0 aliphatic carbocycles. The van der Waals surface area contributed by atoms with Crippen LogP contribution >= 0.6 is 0 Å². The molecule has 1 aromatic rings. The first-order chi connectivity index (χ1) is 3.93. The first-order valence-corrected chi connectivity index (χ1v) is 2.28. The minimum Gasteiger partial charge on any atom is -0.449 e. The van der Waals surface area contributed by atoms with Gasteiger partial charge in [-0.15, -0.1) is 0 Å². The highest BCUT2D eigenvalue weighted by Crippen LogP contribution is 1.65. The van der Waals surface area contributed by atoms with Crippen molar-refractivity contribution in [2.45, 2.75) is 0 Å². The van der Waals surface area contributed by atoms with Crippen LogP contribution in [0.4, 0.5) is 0 Å². The molecule has 0 bridgehead atoms. The smallest absolute Gasteiger partial charge is 0.307 e. The summed E-state index contributed by atoms with van der Waals surface area (Å²) in [5, 5.41) is 8.46. The van der Waals surface area contributed by atoms with E-state index in [0.717, 1.165) is 5.46 Å². The molecule has 8 heavy (non-hydrogen) atoms. The summed E-state index contributed by atoms with van der Waals surface area (Å²) in [6.45, 7) is 0. The lowest BCUT2D eigenvalue weighted by molar-refractivity contribution is 0.615. The van der Waals surface area contributed by atoms with Crippen molar-refractivity contribution in [3.05, 3.63) is 18.7 Å². The van der Waals surface area contributed by atoms with E-state index in [1.165, 1.54) is 6.33 Å². The molecule has 0 unspecified atom stereocenters. The average Bonchev–Trinajstić information content (AvgIpc) is 1.90. The van der Waals surface area contributed by atoms with Crippen molar-refractivity contribution in [3.63, 3.8) is 0 Å². The van der Waals surface area contributed by atoms with Crippen LogP contribution in [-0.4, -0.2) is 22.5 Å². The molecule has 40 valence electrons. The Morgan fingerprint density at radius 2 is 2.00 bits per heavy atom. The minimum atomic E-state index is 0.0147. The Morgan fingerprint density at radius 3 is 2.38 bits per heavy atom. The lowest BCUT2D eigenvalue weighted by Gasteiger charge is -1.85. The Hall–Kier alpha value is -0.895. The summed E-state index contributed by atoms with van der Waals surface area (Å²) in [5.41, 5.74) is 0.743. The normalized spacial score (nSPS) is 8.62. The van der Waals surface area contributed by atoms with E-state index in [1.807, 2.05) is 0 Å². The standard InChI is InChI=1S/C4H5BN2O/c8-5-4-1-6-3-7-2-4/h1-3,5,8H. The van der Waals surface area contributed by atoms with E-state index < -0.39 is 0 Å². The lowest BCUT2D eigenvalue weighted by atomic mass is 9.92. The maximum absolute atomic E-state index is 8.46. The fourth-order valence-corrected chi connectivity index (χ4v) is 0.412. The summed E-state index contributed by atoms with van der Waals surface area (Å²) in [4.78, 5) is 7.37. The van der Waals surface area contributed by atoms with Gasteiger partial charge in [-0.2, -0.15) is 0 Å². The number of hydrogen-bond acceptors (Lipinski definition) is 3. The van der Waals surface area contributed by atoms with Crippen molar-refractivity contribution in [3.8, 4) is 0 Å². The highest BCUT2D eigenvalue weighted by molar-refractivity contribution is 6.45. The second kappa shape index (κ2) is 2.42. The van der Waals surface area contributed by atoms with Gasteiger partial charge in [0.15, 0.2) is 0 Å². The summed E-state index contributed by atoms with van der Waals surface area (Å²) in [5.74, 6) is 0. The molecule has 0 spiro atoms. The van der Waals surface area contributed by atoms with E-state index in [1.54, 1.807) is 12.4 Å². The summed E-state index contributed by atoms with van der Waals surface area (Å²) < 4.78 is 0. The van der Waals surface area contributed by atoms with Gasteiger partial charge in [-0.1, -0.05) is 0 Å². The van der Waals surface area contributed by atoms with Gasteiger partial charge in [0.1, 0.15) is 6.33 Å². The van der Waals surface area contributed by atoms with Gasteiger partial charge in [-0.25, -0.2) is 9.97 Å². The summed E-state index contributed by atoms with van der Waals surface area (Å²) in [6.07, 6.45) is 4.58. The molecule has 1 heterocycles. The van der Waals surface area contributed by atoms with E-state index in [4.69, 9.17) is 5.02 Å². The zero-order valence-electron chi connectivity index (χ0n) is 4.28. The van der Waals surface area contributed by atoms with Gasteiger partial charge in [0.05, 0.1) is 0 Å². The van der Waals surface area contributed by atoms with E-state index in [9.17, 15) is 0 Å². The maximum atomic E-state index is 8.46. The van der Waals surface area contributed by atoms with Gasteiger partial charge in [0, 0.05) is 12.4 Å². The van der Waals surface area contributed by atoms with Crippen LogP contribution < -0.4 is 5.46 Å². The van der Waals surface area contributed by atoms with Crippen LogP contribution in [0.15, 0.2) is 18.7 Å². The number of rotatable bonds is 1. The van der Waals surface area contributed by atoms with Crippen LogP contribution in [0.3, 0.4) is 0 Å². The molecule has 1 N–H and O–H groups in total. The van der Waals surface area contributed by atoms with Gasteiger partial charge < -0.3 is 5.02 Å². The third kappa shape index (κ3) is 1.04. The monoisotopic (exact) mass is 108 g/mol. The fraction of sp³-hybridized carbons (Fsp3) is 0. The minimum absolute atomic E-state index is 0.0147. The van der Waals surface area contributed by atoms with Crippen LogP contribution in [0.1, 0.15) is 0 Å². The van der Waals surface area contributed by atoms with Crippen molar-refractivity contribution in [1.29, 1.82) is 0 Å². The number of nitrogens with zero attached hydrogens (tertiary/aromatic N) is 2. The highest BCUT2D eigenvalue weighted by Gasteiger charge is 1.87. The fourth-order valence-electron chi connectivity index (χ4n) is 0.412. The lowest BCUT2D eigenvalue weighted by Crippen LogP contribution is -2.13. The van der Waals surface area contributed by atoms with E-state index >= 15 is 0 Å². The van der Waals surface area contributed by atoms with Crippen molar-refractivity contribution in [2.75, 3.05) is 0 Å². The molecule has 0 fully saturated rings. The molecule has 0 amide bonds. The first kappa shape index (κ1) is 5.25. The molecule has 4 heteroatoms. The SMILES string of the molecule is OBc1cncnc1. The molecule has 0 saturated heterocycles. The second-order valence-electron chi connectivity index (χ2n) is 1.40. The van der Waals surface area contributed by atoms with Crippen LogP contribution in [0.2, 0.25) is 0 Å². The molecule has 0 aliphatic rings. The molecule has 0 saturated carbocycles. The van der Waals surface area contributed by atoms with Crippen LogP contribution in [-0.2, 0) is 0 Å². The average molecular weight is 108 g/mol. The van der Waals surface area contributed by atoms with E-state index in [0.29, 0.717) is 0 Å². The Labute approximate surface area is 47.7 Å². The predicted octanol–water partition coefficient (Wildman–Crippen LogP) is -1.55. The summed E-state index contributed by atoms with van der Waals surface area (Å²) in [7, 11) is 0.0147. The van der Waals surface area contributed by atoms with Crippen molar-refractivity contribution in [1.82, 2.24) is 9.97 Å². The third-order valence-corrected chi connectivity index (χ3v) is 0.797. The molecule has 0 aliphatic heterocycles. The highest BCUT2D eigenvalue weighted by atomic mass is 16.2. The van der Waals surface area contributed by atoms with Crippen molar-refractivity contribution in [2.24, 2.45) is 0 Å². The number of aromatic nitrogens is 2. The Balaban J connectivity index is 2.83. The third-order valence-electron chi connectivity index (χ3n) is 0.797. The second-order valence-corrected chi connectivity index (χ2v) is 1.40. The van der Waals surface area contributed by atoms with Gasteiger partial charge in [0.25, 0.3) is 0 Å². The molecule has 0 radical (unpaired) electrons. The largest absolute Gasteiger partial charge is 0.449 e. The zero-order valence-corrected chi connectivity index (χ0v) is 4.28. The zero-order chi connectivity index (χ0) is 5.82.